The van der Waals surface area contributed by atoms with Crippen LogP contribution in [0.2, 0.25) is 0 Å². The first-order chi connectivity index (χ1) is 15.3. The van der Waals surface area contributed by atoms with Crippen molar-refractivity contribution in [2.24, 2.45) is 5.92 Å². The minimum absolute atomic E-state index is 0.0344. The average Bonchev–Trinajstić information content (AvgIpc) is 3.41. The third-order valence-electron chi connectivity index (χ3n) is 6.07. The first kappa shape index (κ1) is 18.5. The van der Waals surface area contributed by atoms with Gasteiger partial charge in [-0.2, -0.15) is 4.98 Å². The molecular formula is C23H23N5O3. The maximum absolute atomic E-state index is 13.2. The summed E-state index contributed by atoms with van der Waals surface area (Å²) in [6.07, 6.45) is 6.55. The van der Waals surface area contributed by atoms with Crippen LogP contribution in [0, 0.1) is 5.92 Å². The quantitative estimate of drug-likeness (QED) is 0.480. The Morgan fingerprint density at radius 2 is 2.00 bits per heavy atom. The molecule has 3 aromatic heterocycles. The van der Waals surface area contributed by atoms with Gasteiger partial charge in [0.25, 0.3) is 0 Å². The number of para-hydroxylation sites is 1. The Labute approximate surface area is 178 Å². The van der Waals surface area contributed by atoms with E-state index < -0.39 is 0 Å². The molecule has 1 aromatic carbocycles. The van der Waals surface area contributed by atoms with Gasteiger partial charge in [-0.05, 0) is 37.5 Å². The summed E-state index contributed by atoms with van der Waals surface area (Å²) in [5.41, 5.74) is 2.50. The van der Waals surface area contributed by atoms with Crippen LogP contribution >= 0.6 is 0 Å². The van der Waals surface area contributed by atoms with Crippen LogP contribution in [0.25, 0.3) is 21.9 Å². The number of benzene rings is 1. The molecule has 2 aliphatic rings. The Bertz CT molecular complexity index is 1320. The Hall–Kier alpha value is -3.26. The van der Waals surface area contributed by atoms with Crippen molar-refractivity contribution >= 4 is 21.9 Å². The zero-order valence-corrected chi connectivity index (χ0v) is 17.1. The summed E-state index contributed by atoms with van der Waals surface area (Å²) in [4.78, 5) is 26.9. The lowest BCUT2D eigenvalue weighted by molar-refractivity contribution is 0.166. The molecule has 0 spiro atoms. The summed E-state index contributed by atoms with van der Waals surface area (Å²) in [6.45, 7) is 2.34. The van der Waals surface area contributed by atoms with Gasteiger partial charge in [-0.1, -0.05) is 12.1 Å². The maximum Gasteiger partial charge on any atom is 0.329 e. The summed E-state index contributed by atoms with van der Waals surface area (Å²) in [5.74, 6) is 1.49. The van der Waals surface area contributed by atoms with Gasteiger partial charge in [0.15, 0.2) is 5.82 Å². The topological polar surface area (TPSA) is 84.1 Å². The largest absolute Gasteiger partial charge is 0.477 e. The van der Waals surface area contributed by atoms with Gasteiger partial charge in [0.05, 0.1) is 47.9 Å². The number of rotatable bonds is 6. The molecule has 6 rings (SSSR count). The van der Waals surface area contributed by atoms with Gasteiger partial charge in [0.2, 0.25) is 5.88 Å². The monoisotopic (exact) mass is 417 g/mol. The van der Waals surface area contributed by atoms with Gasteiger partial charge in [0, 0.05) is 24.8 Å². The molecule has 8 heteroatoms. The molecule has 1 saturated heterocycles. The summed E-state index contributed by atoms with van der Waals surface area (Å²) in [5, 5.41) is 0.875. The Morgan fingerprint density at radius 1 is 1.10 bits per heavy atom. The molecule has 2 fully saturated rings. The number of aromatic nitrogens is 5. The fraction of sp³-hybridized carbons (Fsp3) is 0.391. The zero-order chi connectivity index (χ0) is 20.8. The van der Waals surface area contributed by atoms with E-state index in [9.17, 15) is 4.79 Å². The third-order valence-corrected chi connectivity index (χ3v) is 6.07. The normalized spacial score (nSPS) is 18.8. The van der Waals surface area contributed by atoms with E-state index in [1.54, 1.807) is 17.0 Å². The minimum atomic E-state index is -0.0344. The van der Waals surface area contributed by atoms with E-state index in [-0.39, 0.29) is 18.3 Å². The molecule has 31 heavy (non-hydrogen) atoms. The Morgan fingerprint density at radius 3 is 2.84 bits per heavy atom. The van der Waals surface area contributed by atoms with Crippen LogP contribution in [-0.2, 0) is 11.3 Å². The Kier molecular flexibility index (Phi) is 4.45. The van der Waals surface area contributed by atoms with Crippen LogP contribution in [0.4, 0.5) is 0 Å². The second-order valence-electron chi connectivity index (χ2n) is 8.34. The smallest absolute Gasteiger partial charge is 0.329 e. The second-order valence-corrected chi connectivity index (χ2v) is 8.34. The van der Waals surface area contributed by atoms with E-state index in [0.717, 1.165) is 54.4 Å². The van der Waals surface area contributed by atoms with Gasteiger partial charge in [0.1, 0.15) is 0 Å². The number of imidazole rings is 1. The second kappa shape index (κ2) is 7.46. The standard InChI is InChI=1S/C23H23N5O3/c29-23-27(20-11-24-9-7-19(20)28(23)16-5-6-16)12-21-25-18-4-2-1-3-17(18)22(26-21)31-14-15-8-10-30-13-15/h1-4,7,9,11,15-16H,5-6,8,10,12-14H2. The molecule has 0 bridgehead atoms. The van der Waals surface area contributed by atoms with E-state index in [2.05, 4.69) is 4.98 Å². The summed E-state index contributed by atoms with van der Waals surface area (Å²) >= 11 is 0. The lowest BCUT2D eigenvalue weighted by atomic mass is 10.1. The molecule has 1 aliphatic carbocycles. The molecule has 8 nitrogen and oxygen atoms in total. The van der Waals surface area contributed by atoms with Crippen molar-refractivity contribution < 1.29 is 9.47 Å². The lowest BCUT2D eigenvalue weighted by Crippen LogP contribution is -2.25. The summed E-state index contributed by atoms with van der Waals surface area (Å²) in [6, 6.07) is 10.0. The molecule has 1 atom stereocenters. The average molecular weight is 417 g/mol. The minimum Gasteiger partial charge on any atom is -0.477 e. The third kappa shape index (κ3) is 3.37. The predicted molar refractivity (Wildman–Crippen MR) is 115 cm³/mol. The van der Waals surface area contributed by atoms with E-state index in [1.165, 1.54) is 0 Å². The van der Waals surface area contributed by atoms with Crippen molar-refractivity contribution in [3.05, 3.63) is 59.0 Å². The molecule has 4 heterocycles. The van der Waals surface area contributed by atoms with Crippen LogP contribution < -0.4 is 10.4 Å². The van der Waals surface area contributed by atoms with Crippen LogP contribution in [0.5, 0.6) is 5.88 Å². The highest BCUT2D eigenvalue weighted by atomic mass is 16.5. The van der Waals surface area contributed by atoms with E-state index >= 15 is 0 Å². The summed E-state index contributed by atoms with van der Waals surface area (Å²) in [7, 11) is 0. The molecule has 4 aromatic rings. The fourth-order valence-electron chi connectivity index (χ4n) is 4.29. The van der Waals surface area contributed by atoms with Gasteiger partial charge in [-0.3, -0.25) is 14.1 Å². The number of nitrogens with zero attached hydrogens (tertiary/aromatic N) is 5. The number of hydrogen-bond donors (Lipinski definition) is 0. The number of ether oxygens (including phenoxy) is 2. The number of fused-ring (bicyclic) bond motifs is 2. The van der Waals surface area contributed by atoms with Crippen molar-refractivity contribution in [3.63, 3.8) is 0 Å². The van der Waals surface area contributed by atoms with Crippen LogP contribution in [0.15, 0.2) is 47.5 Å². The molecular weight excluding hydrogens is 394 g/mol. The van der Waals surface area contributed by atoms with Crippen LogP contribution in [0.1, 0.15) is 31.1 Å². The maximum atomic E-state index is 13.2. The first-order valence-electron chi connectivity index (χ1n) is 10.8. The predicted octanol–water partition coefficient (Wildman–Crippen LogP) is 2.94. The zero-order valence-electron chi connectivity index (χ0n) is 17.1. The van der Waals surface area contributed by atoms with Gasteiger partial charge < -0.3 is 9.47 Å². The SMILES string of the molecule is O=c1n(Cc2nc(OCC3CCOC3)c3ccccc3n2)c2cnccc2n1C1CC1. The van der Waals surface area contributed by atoms with Gasteiger partial charge in [-0.25, -0.2) is 9.78 Å². The van der Waals surface area contributed by atoms with E-state index in [0.29, 0.717) is 24.2 Å². The van der Waals surface area contributed by atoms with Crippen molar-refractivity contribution in [1.82, 2.24) is 24.1 Å². The highest BCUT2D eigenvalue weighted by Gasteiger charge is 2.29. The molecule has 1 unspecified atom stereocenters. The molecule has 158 valence electrons. The Balaban J connectivity index is 1.40. The van der Waals surface area contributed by atoms with Crippen LogP contribution in [-0.4, -0.2) is 43.9 Å². The fourth-order valence-corrected chi connectivity index (χ4v) is 4.29. The first-order valence-corrected chi connectivity index (χ1v) is 10.8. The molecule has 0 N–H and O–H groups in total. The molecule has 0 radical (unpaired) electrons. The van der Waals surface area contributed by atoms with E-state index in [4.69, 9.17) is 19.4 Å². The van der Waals surface area contributed by atoms with Gasteiger partial charge in [-0.15, -0.1) is 0 Å². The summed E-state index contributed by atoms with van der Waals surface area (Å²) < 4.78 is 15.2. The van der Waals surface area contributed by atoms with Crippen molar-refractivity contribution in [2.45, 2.75) is 31.8 Å². The number of pyridine rings is 1. The van der Waals surface area contributed by atoms with Crippen molar-refractivity contribution in [2.75, 3.05) is 19.8 Å². The van der Waals surface area contributed by atoms with E-state index in [1.807, 2.05) is 34.9 Å². The molecule has 1 aliphatic heterocycles. The van der Waals surface area contributed by atoms with Crippen molar-refractivity contribution in [1.29, 1.82) is 0 Å². The van der Waals surface area contributed by atoms with Crippen LogP contribution in [0.3, 0.4) is 0 Å². The molecule has 1 saturated carbocycles. The number of hydrogen-bond acceptors (Lipinski definition) is 6. The highest BCUT2D eigenvalue weighted by molar-refractivity contribution is 5.83. The molecule has 0 amide bonds. The lowest BCUT2D eigenvalue weighted by Gasteiger charge is -2.13. The highest BCUT2D eigenvalue weighted by Crippen LogP contribution is 2.36. The van der Waals surface area contributed by atoms with Crippen molar-refractivity contribution in [3.8, 4) is 5.88 Å². The van der Waals surface area contributed by atoms with Gasteiger partial charge >= 0.3 is 5.69 Å².